The molecule has 42 heavy (non-hydrogen) atoms. The van der Waals surface area contributed by atoms with Crippen LogP contribution in [-0.2, 0) is 40.8 Å². The molecule has 224 valence electrons. The van der Waals surface area contributed by atoms with Gasteiger partial charge in [0, 0.05) is 24.0 Å². The Morgan fingerprint density at radius 3 is 2.26 bits per heavy atom. The van der Waals surface area contributed by atoms with Gasteiger partial charge in [-0.3, -0.25) is 9.59 Å². The Hall–Kier alpha value is -4.97. The number of hydrogen-bond acceptors (Lipinski definition) is 9. The summed E-state index contributed by atoms with van der Waals surface area (Å²) >= 11 is 0. The van der Waals surface area contributed by atoms with Gasteiger partial charge in [0.25, 0.3) is 26.1 Å². The monoisotopic (exact) mass is 620 g/mol. The van der Waals surface area contributed by atoms with E-state index in [9.17, 15) is 31.2 Å². The van der Waals surface area contributed by atoms with Gasteiger partial charge in [0.15, 0.2) is 0 Å². The number of amides is 4. The van der Waals surface area contributed by atoms with Crippen LogP contribution in [0.2, 0.25) is 0 Å². The molecule has 0 aliphatic rings. The van der Waals surface area contributed by atoms with Gasteiger partial charge >= 0.3 is 6.03 Å². The number of amidine groups is 1. The molecular weight excluding hydrogens is 592 g/mol. The number of urea groups is 1. The molecule has 1 aromatic heterocycles. The minimum absolute atomic E-state index is 0.0248. The number of aryl methyl sites for hydroxylation is 1. The van der Waals surface area contributed by atoms with Crippen LogP contribution in [0.5, 0.6) is 0 Å². The van der Waals surface area contributed by atoms with Gasteiger partial charge in [-0.25, -0.2) is 22.9 Å². The van der Waals surface area contributed by atoms with E-state index in [2.05, 4.69) is 35.1 Å². The zero-order valence-electron chi connectivity index (χ0n) is 22.3. The normalized spacial score (nSPS) is 12.6. The number of carbonyl (C=O) groups excluding carboxylic acids is 3. The molecule has 0 aliphatic carbocycles. The molecule has 0 spiro atoms. The third kappa shape index (κ3) is 9.03. The van der Waals surface area contributed by atoms with Crippen molar-refractivity contribution in [3.63, 3.8) is 0 Å². The van der Waals surface area contributed by atoms with Crippen molar-refractivity contribution in [3.8, 4) is 0 Å². The smallest absolute Gasteiger partial charge is 0.329 e. The van der Waals surface area contributed by atoms with E-state index in [-0.39, 0.29) is 21.9 Å². The van der Waals surface area contributed by atoms with Crippen molar-refractivity contribution < 1.29 is 36.0 Å². The van der Waals surface area contributed by atoms with Crippen LogP contribution in [0.3, 0.4) is 0 Å². The molecule has 0 saturated heterocycles. The summed E-state index contributed by atoms with van der Waals surface area (Å²) in [6.45, 7) is 1.12. The summed E-state index contributed by atoms with van der Waals surface area (Å²) in [5.41, 5.74) is 6.84. The molecule has 4 amide bonds. The number of carbonyl (C=O) groups is 3. The maximum Gasteiger partial charge on any atom is 0.329 e. The van der Waals surface area contributed by atoms with Gasteiger partial charge in [-0.15, -0.1) is 4.40 Å². The molecule has 0 aliphatic heterocycles. The Morgan fingerprint density at radius 2 is 1.67 bits per heavy atom. The molecule has 1 atom stereocenters. The molecule has 0 saturated carbocycles. The molecule has 7 N–H and O–H groups in total. The molecule has 1 heterocycles. The summed E-state index contributed by atoms with van der Waals surface area (Å²) in [6, 6.07) is 7.90. The number of aromatic nitrogens is 2. The zero-order valence-corrected chi connectivity index (χ0v) is 24.0. The number of aromatic amines is 1. The molecule has 3 rings (SSSR count). The first-order valence-corrected chi connectivity index (χ1v) is 14.9. The van der Waals surface area contributed by atoms with E-state index in [0.29, 0.717) is 5.69 Å². The number of H-pyrrole nitrogens is 1. The van der Waals surface area contributed by atoms with E-state index in [1.807, 2.05) is 0 Å². The second-order valence-electron chi connectivity index (χ2n) is 8.62. The fourth-order valence-electron chi connectivity index (χ4n) is 3.31. The zero-order chi connectivity index (χ0) is 30.9. The average Bonchev–Trinajstić information content (AvgIpc) is 3.45. The third-order valence-electron chi connectivity index (χ3n) is 5.44. The van der Waals surface area contributed by atoms with Crippen molar-refractivity contribution in [1.82, 2.24) is 25.3 Å². The summed E-state index contributed by atoms with van der Waals surface area (Å²) in [5, 5.41) is 7.16. The number of nitrogens with zero attached hydrogens (tertiary/aromatic N) is 2. The number of methoxy groups -OCH3 is 1. The second kappa shape index (κ2) is 13.6. The molecule has 0 unspecified atom stereocenters. The molecule has 18 heteroatoms. The molecule has 3 aromatic rings. The van der Waals surface area contributed by atoms with Crippen LogP contribution in [0.25, 0.3) is 0 Å². The number of anilines is 1. The highest BCUT2D eigenvalue weighted by atomic mass is 32.2. The van der Waals surface area contributed by atoms with Crippen molar-refractivity contribution in [2.75, 3.05) is 19.0 Å². The Balaban J connectivity index is 1.63. The Labute approximate surface area is 241 Å². The standard InChI is InChI=1S/C24H28N8O8S2/c1-15-3-7-18(8-4-15)42(38,39)32-24(35)27-13-21(33)30-20(11-17-12-26-14-28-17)22(34)29-16-5-9-19(10-6-16)41(36,37)31-23(25)40-2/h3-10,12,14,20H,11,13H2,1-2H3,(H2,25,31)(H,26,28)(H,29,34)(H,30,33)(H2,27,32,35)/t20-/m0/s1. The van der Waals surface area contributed by atoms with E-state index in [1.54, 1.807) is 23.8 Å². The maximum atomic E-state index is 13.0. The fraction of sp³-hybridized carbons (Fsp3) is 0.208. The lowest BCUT2D eigenvalue weighted by molar-refractivity contribution is -0.125. The average molecular weight is 621 g/mol. The number of nitrogens with two attached hydrogens (primary N) is 1. The lowest BCUT2D eigenvalue weighted by atomic mass is 10.1. The first kappa shape index (κ1) is 31.6. The predicted molar refractivity (Wildman–Crippen MR) is 150 cm³/mol. The number of nitrogens with one attached hydrogen (secondary N) is 5. The highest BCUT2D eigenvalue weighted by molar-refractivity contribution is 7.90. The van der Waals surface area contributed by atoms with E-state index >= 15 is 0 Å². The van der Waals surface area contributed by atoms with E-state index in [0.717, 1.165) is 12.7 Å². The first-order chi connectivity index (χ1) is 19.8. The van der Waals surface area contributed by atoms with Gasteiger partial charge < -0.3 is 31.4 Å². The fourth-order valence-corrected chi connectivity index (χ4v) is 5.14. The molecule has 2 aromatic carbocycles. The van der Waals surface area contributed by atoms with Crippen molar-refractivity contribution in [2.24, 2.45) is 10.1 Å². The summed E-state index contributed by atoms with van der Waals surface area (Å²) in [7, 11) is -7.16. The topological polar surface area (TPSA) is 244 Å². The van der Waals surface area contributed by atoms with Gasteiger partial charge in [0.1, 0.15) is 6.04 Å². The minimum atomic E-state index is -4.18. The van der Waals surface area contributed by atoms with Crippen molar-refractivity contribution in [3.05, 3.63) is 72.3 Å². The van der Waals surface area contributed by atoms with Crippen LogP contribution in [-0.4, -0.2) is 70.4 Å². The quantitative estimate of drug-likeness (QED) is 0.121. The van der Waals surface area contributed by atoms with Crippen LogP contribution in [0.1, 0.15) is 11.3 Å². The van der Waals surface area contributed by atoms with Crippen LogP contribution < -0.4 is 26.4 Å². The Morgan fingerprint density at radius 1 is 1.02 bits per heavy atom. The van der Waals surface area contributed by atoms with Crippen molar-refractivity contribution in [2.45, 2.75) is 29.2 Å². The van der Waals surface area contributed by atoms with Crippen LogP contribution in [0, 0.1) is 6.92 Å². The molecule has 16 nitrogen and oxygen atoms in total. The van der Waals surface area contributed by atoms with E-state index in [1.165, 1.54) is 48.9 Å². The molecule has 0 fully saturated rings. The highest BCUT2D eigenvalue weighted by Crippen LogP contribution is 2.17. The SMILES string of the molecule is CO/C(N)=N/S(=O)(=O)c1ccc(NC(=O)[C@H](Cc2cnc[nH]2)NC(=O)CNC(=O)NS(=O)(=O)c2ccc(C)cc2)cc1. The van der Waals surface area contributed by atoms with Gasteiger partial charge in [-0.05, 0) is 43.3 Å². The molecular formula is C24H28N8O8S2. The number of sulfonamides is 2. The van der Waals surface area contributed by atoms with Gasteiger partial charge in [-0.2, -0.15) is 8.42 Å². The largest absolute Gasteiger partial charge is 0.468 e. The highest BCUT2D eigenvalue weighted by Gasteiger charge is 2.24. The minimum Gasteiger partial charge on any atom is -0.468 e. The Bertz CT molecular complexity index is 1660. The summed E-state index contributed by atoms with van der Waals surface area (Å²) in [5.74, 6) is -1.48. The van der Waals surface area contributed by atoms with Gasteiger partial charge in [0.2, 0.25) is 11.8 Å². The van der Waals surface area contributed by atoms with E-state index in [4.69, 9.17) is 5.73 Å². The summed E-state index contributed by atoms with van der Waals surface area (Å²) in [6.07, 6.45) is 2.80. The summed E-state index contributed by atoms with van der Waals surface area (Å²) < 4.78 is 58.9. The lowest BCUT2D eigenvalue weighted by Gasteiger charge is -2.18. The van der Waals surface area contributed by atoms with Gasteiger partial charge in [0.05, 0.1) is 29.8 Å². The number of ether oxygens (including phenoxy) is 1. The molecule has 0 bridgehead atoms. The van der Waals surface area contributed by atoms with E-state index < -0.39 is 56.5 Å². The number of imidazole rings is 1. The van der Waals surface area contributed by atoms with Crippen LogP contribution >= 0.6 is 0 Å². The maximum absolute atomic E-state index is 13.0. The number of benzene rings is 2. The lowest BCUT2D eigenvalue weighted by Crippen LogP contribution is -2.50. The molecule has 0 radical (unpaired) electrons. The number of rotatable bonds is 11. The van der Waals surface area contributed by atoms with Crippen molar-refractivity contribution >= 4 is 49.6 Å². The second-order valence-corrected chi connectivity index (χ2v) is 11.9. The Kier molecular flexibility index (Phi) is 10.2. The van der Waals surface area contributed by atoms with Crippen LogP contribution in [0.15, 0.2) is 75.2 Å². The third-order valence-corrected chi connectivity index (χ3v) is 8.07. The number of hydrogen-bond donors (Lipinski definition) is 6. The predicted octanol–water partition coefficient (Wildman–Crippen LogP) is -0.278. The van der Waals surface area contributed by atoms with Gasteiger partial charge in [-0.1, -0.05) is 17.7 Å². The summed E-state index contributed by atoms with van der Waals surface area (Å²) in [4.78, 5) is 44.1. The van der Waals surface area contributed by atoms with Crippen molar-refractivity contribution in [1.29, 1.82) is 0 Å². The van der Waals surface area contributed by atoms with Crippen LogP contribution in [0.4, 0.5) is 10.5 Å². The first-order valence-electron chi connectivity index (χ1n) is 12.0.